The van der Waals surface area contributed by atoms with Crippen molar-refractivity contribution in [2.75, 3.05) is 4.90 Å². The molecule has 0 amide bonds. The van der Waals surface area contributed by atoms with Gasteiger partial charge in [0.05, 0.1) is 0 Å². The SMILES string of the molecule is c1cc(N(c2ccc3c(c2)oc2ccccc23)c2ccc3[se]c4c5ccccc5ccc4c3c2)cc(-n2c3ccccc3c3ccccc32)c1. The van der Waals surface area contributed by atoms with Gasteiger partial charge in [-0.3, -0.25) is 0 Å². The Bertz CT molecular complexity index is 3070. The number of anilines is 3. The van der Waals surface area contributed by atoms with Gasteiger partial charge in [0.1, 0.15) is 0 Å². The van der Waals surface area contributed by atoms with E-state index in [1.807, 2.05) is 12.1 Å². The van der Waals surface area contributed by atoms with Crippen LogP contribution in [0.2, 0.25) is 0 Å². The van der Waals surface area contributed by atoms with E-state index in [1.54, 1.807) is 0 Å². The number of furan rings is 1. The molecule has 4 heteroatoms. The van der Waals surface area contributed by atoms with Crippen molar-refractivity contribution in [2.24, 2.45) is 0 Å². The molecule has 0 N–H and O–H groups in total. The molecule has 0 aliphatic heterocycles. The van der Waals surface area contributed by atoms with Crippen molar-refractivity contribution in [1.29, 1.82) is 0 Å². The molecule has 0 aliphatic carbocycles. The first-order chi connectivity index (χ1) is 24.8. The number of hydrogen-bond donors (Lipinski definition) is 0. The fraction of sp³-hybridized carbons (Fsp3) is 0. The van der Waals surface area contributed by atoms with Gasteiger partial charge in [-0.15, -0.1) is 0 Å². The van der Waals surface area contributed by atoms with Gasteiger partial charge in [0, 0.05) is 0 Å². The van der Waals surface area contributed by atoms with Crippen LogP contribution in [0.5, 0.6) is 0 Å². The van der Waals surface area contributed by atoms with Gasteiger partial charge in [0.25, 0.3) is 0 Å². The van der Waals surface area contributed by atoms with Gasteiger partial charge in [0.2, 0.25) is 0 Å². The molecule has 0 radical (unpaired) electrons. The molecule has 3 aromatic heterocycles. The maximum atomic E-state index is 6.43. The third kappa shape index (κ3) is 4.10. The number of benzene rings is 8. The minimum absolute atomic E-state index is 0.249. The predicted octanol–water partition coefficient (Wildman–Crippen LogP) is 12.7. The standard InChI is InChI=1S/C46H28N2OSe/c1-2-13-34-29(10-1)20-23-39-40-27-32(22-25-45(40)50-46(34)39)47(33-21-24-38-37-16-5-8-19-43(37)49-44(38)28-33)30-11-9-12-31(26-30)48-41-17-6-3-14-35(41)36-15-4-7-18-42(36)48/h1-28H. The number of rotatable bonds is 4. The molecule has 50 heavy (non-hydrogen) atoms. The Morgan fingerprint density at radius 2 is 1.06 bits per heavy atom. The van der Waals surface area contributed by atoms with E-state index in [9.17, 15) is 0 Å². The van der Waals surface area contributed by atoms with Gasteiger partial charge in [0.15, 0.2) is 0 Å². The molecule has 11 rings (SSSR count). The van der Waals surface area contributed by atoms with Gasteiger partial charge in [-0.05, 0) is 0 Å². The number of hydrogen-bond acceptors (Lipinski definition) is 2. The van der Waals surface area contributed by atoms with Crippen LogP contribution in [0.25, 0.3) is 79.5 Å². The van der Waals surface area contributed by atoms with Crippen molar-refractivity contribution in [2.45, 2.75) is 0 Å². The average Bonchev–Trinajstić information content (AvgIpc) is 3.84. The summed E-state index contributed by atoms with van der Waals surface area (Å²) in [7, 11) is 0. The van der Waals surface area contributed by atoms with Crippen LogP contribution in [0, 0.1) is 0 Å². The van der Waals surface area contributed by atoms with Crippen molar-refractivity contribution in [3.05, 3.63) is 170 Å². The number of nitrogens with zero attached hydrogens (tertiary/aromatic N) is 2. The molecular formula is C46H28N2OSe. The third-order valence-corrected chi connectivity index (χ3v) is 12.7. The average molecular weight is 704 g/mol. The molecule has 234 valence electrons. The molecule has 0 aliphatic rings. The van der Waals surface area contributed by atoms with Gasteiger partial charge >= 0.3 is 283 Å². The van der Waals surface area contributed by atoms with Crippen molar-refractivity contribution in [1.82, 2.24) is 4.57 Å². The molecule has 0 saturated heterocycles. The Morgan fingerprint density at radius 1 is 0.420 bits per heavy atom. The molecule has 0 bridgehead atoms. The van der Waals surface area contributed by atoms with Crippen LogP contribution >= 0.6 is 0 Å². The summed E-state index contributed by atoms with van der Waals surface area (Å²) >= 11 is 0.249. The monoisotopic (exact) mass is 704 g/mol. The zero-order chi connectivity index (χ0) is 32.8. The van der Waals surface area contributed by atoms with E-state index in [0.717, 1.165) is 44.7 Å². The quantitative estimate of drug-likeness (QED) is 0.170. The second-order valence-corrected chi connectivity index (χ2v) is 15.2. The molecule has 0 atom stereocenters. The van der Waals surface area contributed by atoms with Crippen molar-refractivity contribution < 1.29 is 4.42 Å². The second-order valence-electron chi connectivity index (χ2n) is 12.9. The van der Waals surface area contributed by atoms with Gasteiger partial charge in [-0.25, -0.2) is 0 Å². The summed E-state index contributed by atoms with van der Waals surface area (Å²) in [5.41, 5.74) is 8.57. The maximum absolute atomic E-state index is 6.43. The molecule has 11 aromatic rings. The van der Waals surface area contributed by atoms with E-state index >= 15 is 0 Å². The van der Waals surface area contributed by atoms with Gasteiger partial charge < -0.3 is 0 Å². The first kappa shape index (κ1) is 27.8. The van der Waals surface area contributed by atoms with E-state index in [2.05, 4.69) is 167 Å². The van der Waals surface area contributed by atoms with Crippen LogP contribution in [-0.4, -0.2) is 19.1 Å². The van der Waals surface area contributed by atoms with Crippen LogP contribution in [0.1, 0.15) is 0 Å². The molecule has 0 fully saturated rings. The van der Waals surface area contributed by atoms with Crippen LogP contribution < -0.4 is 4.90 Å². The van der Waals surface area contributed by atoms with E-state index in [0.29, 0.717) is 0 Å². The normalized spacial score (nSPS) is 12.0. The van der Waals surface area contributed by atoms with Crippen LogP contribution in [-0.2, 0) is 0 Å². The van der Waals surface area contributed by atoms with E-state index in [4.69, 9.17) is 4.42 Å². The second kappa shape index (κ2) is 10.7. The predicted molar refractivity (Wildman–Crippen MR) is 212 cm³/mol. The van der Waals surface area contributed by atoms with E-state index in [-0.39, 0.29) is 14.5 Å². The molecule has 3 heterocycles. The van der Waals surface area contributed by atoms with E-state index < -0.39 is 0 Å². The molecule has 0 unspecified atom stereocenters. The van der Waals surface area contributed by atoms with Crippen molar-refractivity contribution >= 4 is 105 Å². The summed E-state index contributed by atoms with van der Waals surface area (Å²) in [5.74, 6) is 0. The molecule has 0 saturated carbocycles. The summed E-state index contributed by atoms with van der Waals surface area (Å²) in [6, 6.07) is 61.7. The van der Waals surface area contributed by atoms with Crippen LogP contribution in [0.3, 0.4) is 0 Å². The zero-order valence-electron chi connectivity index (χ0n) is 26.9. The van der Waals surface area contributed by atoms with Gasteiger partial charge in [-0.1, -0.05) is 12.1 Å². The summed E-state index contributed by atoms with van der Waals surface area (Å²) in [6.45, 7) is 0. The molecular weight excluding hydrogens is 675 g/mol. The first-order valence-corrected chi connectivity index (χ1v) is 18.6. The van der Waals surface area contributed by atoms with Crippen LogP contribution in [0.4, 0.5) is 17.1 Å². The topological polar surface area (TPSA) is 21.3 Å². The summed E-state index contributed by atoms with van der Waals surface area (Å²) in [6.07, 6.45) is 0. The number of para-hydroxylation sites is 3. The Hall–Kier alpha value is -6.06. The molecule has 0 spiro atoms. The Labute approximate surface area is 293 Å². The number of fused-ring (bicyclic) bond motifs is 11. The fourth-order valence-corrected chi connectivity index (χ4v) is 10.5. The number of aromatic nitrogens is 1. The van der Waals surface area contributed by atoms with Gasteiger partial charge in [-0.2, -0.15) is 0 Å². The third-order valence-electron chi connectivity index (χ3n) is 10.1. The minimum atomic E-state index is 0.249. The summed E-state index contributed by atoms with van der Waals surface area (Å²) in [4.78, 5) is 2.39. The summed E-state index contributed by atoms with van der Waals surface area (Å²) < 4.78 is 11.7. The van der Waals surface area contributed by atoms with Crippen LogP contribution in [0.15, 0.2) is 174 Å². The molecule has 3 nitrogen and oxygen atoms in total. The Kier molecular flexibility index (Phi) is 5.97. The van der Waals surface area contributed by atoms with Crippen molar-refractivity contribution in [3.63, 3.8) is 0 Å². The summed E-state index contributed by atoms with van der Waals surface area (Å²) in [5, 5.41) is 10.1. The fourth-order valence-electron chi connectivity index (χ4n) is 7.90. The Balaban J connectivity index is 1.16. The van der Waals surface area contributed by atoms with Crippen molar-refractivity contribution in [3.8, 4) is 5.69 Å². The first-order valence-electron chi connectivity index (χ1n) is 16.9. The molecule has 8 aromatic carbocycles. The van der Waals surface area contributed by atoms with E-state index in [1.165, 1.54) is 51.9 Å². The Morgan fingerprint density at radius 3 is 1.90 bits per heavy atom. The zero-order valence-corrected chi connectivity index (χ0v) is 28.6.